The first-order chi connectivity index (χ1) is 13.6. The van der Waals surface area contributed by atoms with Gasteiger partial charge in [-0.1, -0.05) is 49.2 Å². The molecule has 1 unspecified atom stereocenters. The van der Waals surface area contributed by atoms with Crippen molar-refractivity contribution in [3.63, 3.8) is 0 Å². The number of carboxylic acids is 1. The fourth-order valence-corrected chi connectivity index (χ4v) is 4.25. The number of benzene rings is 1. The Morgan fingerprint density at radius 1 is 1.25 bits per heavy atom. The molecule has 0 fully saturated rings. The van der Waals surface area contributed by atoms with E-state index in [1.165, 1.54) is 0 Å². The van der Waals surface area contributed by atoms with Crippen LogP contribution < -0.4 is 0 Å². The van der Waals surface area contributed by atoms with Gasteiger partial charge in [-0.25, -0.2) is 4.98 Å². The Morgan fingerprint density at radius 3 is 2.75 bits per heavy atom. The standard InChI is InChI=1S/C22H25ClN2O2S/c1-2-3-10-21-24-18(12-17(22(26)27)13-19-8-6-11-28-19)15-25(21)14-16-7-4-5-9-20(16)23/h4-9,11,15,17H,2-3,10,12-14H2,1H3,(H,26,27). The number of unbranched alkanes of at least 4 members (excludes halogenated alkanes) is 1. The van der Waals surface area contributed by atoms with Crippen molar-refractivity contribution in [2.45, 2.75) is 45.6 Å². The molecule has 3 rings (SSSR count). The van der Waals surface area contributed by atoms with Crippen molar-refractivity contribution in [3.05, 3.63) is 75.0 Å². The number of hydrogen-bond donors (Lipinski definition) is 1. The van der Waals surface area contributed by atoms with E-state index in [1.54, 1.807) is 11.3 Å². The molecule has 2 heterocycles. The second kappa shape index (κ2) is 9.89. The molecule has 4 nitrogen and oxygen atoms in total. The van der Waals surface area contributed by atoms with E-state index in [9.17, 15) is 9.90 Å². The zero-order valence-electron chi connectivity index (χ0n) is 16.0. The van der Waals surface area contributed by atoms with Gasteiger partial charge in [0.2, 0.25) is 0 Å². The lowest BCUT2D eigenvalue weighted by molar-refractivity contribution is -0.141. The van der Waals surface area contributed by atoms with Gasteiger partial charge in [0.05, 0.1) is 18.2 Å². The predicted molar refractivity (Wildman–Crippen MR) is 114 cm³/mol. The van der Waals surface area contributed by atoms with Crippen LogP contribution in [-0.2, 0) is 30.6 Å². The Balaban J connectivity index is 1.81. The van der Waals surface area contributed by atoms with Crippen molar-refractivity contribution < 1.29 is 9.90 Å². The molecule has 0 aliphatic heterocycles. The molecule has 0 aliphatic rings. The Labute approximate surface area is 174 Å². The average Bonchev–Trinajstić information content (AvgIpc) is 3.31. The zero-order valence-corrected chi connectivity index (χ0v) is 17.5. The zero-order chi connectivity index (χ0) is 19.9. The van der Waals surface area contributed by atoms with Gasteiger partial charge in [-0.15, -0.1) is 11.3 Å². The summed E-state index contributed by atoms with van der Waals surface area (Å²) in [6.07, 6.45) is 5.99. The number of carboxylic acid groups (broad SMARTS) is 1. The van der Waals surface area contributed by atoms with Crippen LogP contribution in [0.15, 0.2) is 48.0 Å². The van der Waals surface area contributed by atoms with Crippen LogP contribution in [-0.4, -0.2) is 20.6 Å². The molecule has 0 saturated heterocycles. The topological polar surface area (TPSA) is 55.1 Å². The maximum atomic E-state index is 11.8. The minimum absolute atomic E-state index is 0.432. The highest BCUT2D eigenvalue weighted by molar-refractivity contribution is 7.09. The van der Waals surface area contributed by atoms with E-state index < -0.39 is 11.9 Å². The van der Waals surface area contributed by atoms with Crippen LogP contribution in [0, 0.1) is 5.92 Å². The van der Waals surface area contributed by atoms with Gasteiger partial charge in [0.1, 0.15) is 5.82 Å². The molecule has 6 heteroatoms. The van der Waals surface area contributed by atoms with Gasteiger partial charge < -0.3 is 9.67 Å². The Bertz CT molecular complexity index is 905. The SMILES string of the molecule is CCCCc1nc(CC(Cc2cccs2)C(=O)O)cn1Cc1ccccc1Cl. The molecule has 1 aromatic carbocycles. The Morgan fingerprint density at radius 2 is 2.07 bits per heavy atom. The van der Waals surface area contributed by atoms with Crippen molar-refractivity contribution in [3.8, 4) is 0 Å². The van der Waals surface area contributed by atoms with E-state index in [1.807, 2.05) is 48.0 Å². The van der Waals surface area contributed by atoms with Crippen LogP contribution in [0.25, 0.3) is 0 Å². The highest BCUT2D eigenvalue weighted by Crippen LogP contribution is 2.21. The summed E-state index contributed by atoms with van der Waals surface area (Å²) in [6.45, 7) is 2.80. The van der Waals surface area contributed by atoms with E-state index in [0.717, 1.165) is 46.2 Å². The highest BCUT2D eigenvalue weighted by Gasteiger charge is 2.21. The highest BCUT2D eigenvalue weighted by atomic mass is 35.5. The fraction of sp³-hybridized carbons (Fsp3) is 0.364. The maximum Gasteiger partial charge on any atom is 0.307 e. The van der Waals surface area contributed by atoms with E-state index in [2.05, 4.69) is 11.5 Å². The molecule has 28 heavy (non-hydrogen) atoms. The Kier molecular flexibility index (Phi) is 7.29. The normalized spacial score (nSPS) is 12.2. The number of aromatic nitrogens is 2. The van der Waals surface area contributed by atoms with Crippen molar-refractivity contribution in [1.29, 1.82) is 0 Å². The first-order valence-electron chi connectivity index (χ1n) is 9.60. The third-order valence-electron chi connectivity index (χ3n) is 4.79. The lowest BCUT2D eigenvalue weighted by atomic mass is 9.99. The van der Waals surface area contributed by atoms with E-state index >= 15 is 0 Å². The van der Waals surface area contributed by atoms with Gasteiger partial charge in [-0.3, -0.25) is 4.79 Å². The summed E-state index contributed by atoms with van der Waals surface area (Å²) >= 11 is 7.93. The first kappa shape index (κ1) is 20.6. The number of halogens is 1. The van der Waals surface area contributed by atoms with Crippen LogP contribution in [0.2, 0.25) is 5.02 Å². The number of carbonyl (C=O) groups is 1. The lowest BCUT2D eigenvalue weighted by Crippen LogP contribution is -2.19. The summed E-state index contributed by atoms with van der Waals surface area (Å²) in [5, 5.41) is 12.4. The molecule has 0 radical (unpaired) electrons. The predicted octanol–water partition coefficient (Wildman–Crippen LogP) is 5.47. The van der Waals surface area contributed by atoms with Crippen LogP contribution in [0.5, 0.6) is 0 Å². The van der Waals surface area contributed by atoms with Crippen LogP contribution in [0.1, 0.15) is 41.7 Å². The van der Waals surface area contributed by atoms with Gasteiger partial charge in [-0.05, 0) is 35.9 Å². The number of hydrogen-bond acceptors (Lipinski definition) is 3. The third kappa shape index (κ3) is 5.46. The van der Waals surface area contributed by atoms with Gasteiger partial charge in [0.25, 0.3) is 0 Å². The molecular weight excluding hydrogens is 392 g/mol. The Hall–Kier alpha value is -2.11. The van der Waals surface area contributed by atoms with E-state index in [0.29, 0.717) is 19.4 Å². The van der Waals surface area contributed by atoms with Crippen LogP contribution in [0.3, 0.4) is 0 Å². The lowest BCUT2D eigenvalue weighted by Gasteiger charge is -2.09. The second-order valence-electron chi connectivity index (χ2n) is 6.99. The molecule has 0 amide bonds. The molecule has 0 spiro atoms. The summed E-state index contributed by atoms with van der Waals surface area (Å²) < 4.78 is 2.12. The molecular formula is C22H25ClN2O2S. The number of nitrogens with zero attached hydrogens (tertiary/aromatic N) is 2. The number of rotatable bonds is 10. The molecule has 0 aliphatic carbocycles. The average molecular weight is 417 g/mol. The molecule has 0 saturated carbocycles. The van der Waals surface area contributed by atoms with Gasteiger partial charge in [0.15, 0.2) is 0 Å². The van der Waals surface area contributed by atoms with E-state index in [4.69, 9.17) is 16.6 Å². The number of aryl methyl sites for hydroxylation is 1. The number of imidazole rings is 1. The van der Waals surface area contributed by atoms with Crippen molar-refractivity contribution in [2.75, 3.05) is 0 Å². The maximum absolute atomic E-state index is 11.8. The quantitative estimate of drug-likeness (QED) is 0.476. The molecule has 1 N–H and O–H groups in total. The van der Waals surface area contributed by atoms with Crippen LogP contribution >= 0.6 is 22.9 Å². The second-order valence-corrected chi connectivity index (χ2v) is 8.43. The monoisotopic (exact) mass is 416 g/mol. The summed E-state index contributed by atoms with van der Waals surface area (Å²) in [6, 6.07) is 11.8. The van der Waals surface area contributed by atoms with Crippen molar-refractivity contribution in [1.82, 2.24) is 9.55 Å². The van der Waals surface area contributed by atoms with Crippen molar-refractivity contribution >= 4 is 28.9 Å². The third-order valence-corrected chi connectivity index (χ3v) is 6.06. The number of thiophene rings is 1. The van der Waals surface area contributed by atoms with Crippen LogP contribution in [0.4, 0.5) is 0 Å². The minimum atomic E-state index is -0.774. The largest absolute Gasteiger partial charge is 0.481 e. The smallest absolute Gasteiger partial charge is 0.307 e. The van der Waals surface area contributed by atoms with Gasteiger partial charge in [0, 0.05) is 28.9 Å². The van der Waals surface area contributed by atoms with Crippen molar-refractivity contribution in [2.24, 2.45) is 5.92 Å². The summed E-state index contributed by atoms with van der Waals surface area (Å²) in [4.78, 5) is 17.7. The van der Waals surface area contributed by atoms with Gasteiger partial charge >= 0.3 is 5.97 Å². The summed E-state index contributed by atoms with van der Waals surface area (Å²) in [5.74, 6) is -0.248. The van der Waals surface area contributed by atoms with E-state index in [-0.39, 0.29) is 0 Å². The fourth-order valence-electron chi connectivity index (χ4n) is 3.26. The number of aliphatic carboxylic acids is 1. The molecule has 1 atom stereocenters. The summed E-state index contributed by atoms with van der Waals surface area (Å²) in [5.41, 5.74) is 1.88. The molecule has 3 aromatic rings. The molecule has 0 bridgehead atoms. The first-order valence-corrected chi connectivity index (χ1v) is 10.9. The summed E-state index contributed by atoms with van der Waals surface area (Å²) in [7, 11) is 0. The van der Waals surface area contributed by atoms with Gasteiger partial charge in [-0.2, -0.15) is 0 Å². The molecule has 148 valence electrons. The minimum Gasteiger partial charge on any atom is -0.481 e. The molecule has 2 aromatic heterocycles.